The monoisotopic (exact) mass is 390 g/mol. The van der Waals surface area contributed by atoms with Gasteiger partial charge in [0.05, 0.1) is 12.8 Å². The smallest absolute Gasteiger partial charge is 0.307 e. The summed E-state index contributed by atoms with van der Waals surface area (Å²) in [5.41, 5.74) is -1.15. The zero-order chi connectivity index (χ0) is 20.9. The van der Waals surface area contributed by atoms with Crippen molar-refractivity contribution >= 4 is 11.9 Å². The Morgan fingerprint density at radius 2 is 1.21 bits per heavy atom. The lowest BCUT2D eigenvalue weighted by Gasteiger charge is -2.28. The van der Waals surface area contributed by atoms with Crippen molar-refractivity contribution in [1.29, 1.82) is 0 Å². The van der Waals surface area contributed by atoms with Crippen molar-refractivity contribution in [1.82, 2.24) is 0 Å². The molecule has 0 aromatic rings. The number of ether oxygens (including phenoxy) is 2. The molecular formula is C24H38O4. The van der Waals surface area contributed by atoms with E-state index in [-0.39, 0.29) is 24.8 Å². The summed E-state index contributed by atoms with van der Waals surface area (Å²) in [5, 5.41) is 0. The molecule has 4 nitrogen and oxygen atoms in total. The average Bonchev–Trinajstić information content (AvgIpc) is 3.26. The van der Waals surface area contributed by atoms with Crippen LogP contribution < -0.4 is 0 Å². The largest absolute Gasteiger partial charge is 0.455 e. The van der Waals surface area contributed by atoms with E-state index in [2.05, 4.69) is 40.9 Å². The summed E-state index contributed by atoms with van der Waals surface area (Å²) in [6.45, 7) is 16.6. The van der Waals surface area contributed by atoms with Crippen molar-refractivity contribution in [3.63, 3.8) is 0 Å². The Morgan fingerprint density at radius 1 is 0.857 bits per heavy atom. The van der Waals surface area contributed by atoms with Crippen LogP contribution in [-0.4, -0.2) is 23.1 Å². The minimum absolute atomic E-state index is 0.0433. The molecule has 0 bridgehead atoms. The van der Waals surface area contributed by atoms with E-state index < -0.39 is 11.2 Å². The molecule has 0 N–H and O–H groups in total. The molecule has 0 radical (unpaired) electrons. The first-order valence-electron chi connectivity index (χ1n) is 10.8. The molecule has 2 fully saturated rings. The van der Waals surface area contributed by atoms with Crippen LogP contribution in [0.1, 0.15) is 79.1 Å². The maximum atomic E-state index is 12.4. The SMILES string of the molecule is C=CC1(OC(=O)CCC(=O)OC2(C=C)CCC(C(C)C)C2)CCC(C(C)C)C1. The first kappa shape index (κ1) is 22.7. The van der Waals surface area contributed by atoms with Crippen molar-refractivity contribution < 1.29 is 19.1 Å². The Morgan fingerprint density at radius 3 is 1.46 bits per heavy atom. The van der Waals surface area contributed by atoms with Crippen LogP contribution in [0, 0.1) is 23.7 Å². The van der Waals surface area contributed by atoms with E-state index in [0.717, 1.165) is 38.5 Å². The third-order valence-corrected chi connectivity index (χ3v) is 6.89. The van der Waals surface area contributed by atoms with Gasteiger partial charge in [-0.15, -0.1) is 0 Å². The van der Waals surface area contributed by atoms with Crippen LogP contribution in [-0.2, 0) is 19.1 Å². The minimum Gasteiger partial charge on any atom is -0.455 e. The zero-order valence-corrected chi connectivity index (χ0v) is 18.2. The van der Waals surface area contributed by atoms with E-state index in [1.165, 1.54) is 0 Å². The first-order valence-corrected chi connectivity index (χ1v) is 10.8. The van der Waals surface area contributed by atoms with Gasteiger partial charge in [-0.25, -0.2) is 0 Å². The average molecular weight is 391 g/mol. The molecule has 0 aromatic carbocycles. The molecule has 0 amide bonds. The minimum atomic E-state index is -0.575. The Kier molecular flexibility index (Phi) is 7.52. The normalized spacial score (nSPS) is 32.5. The summed E-state index contributed by atoms with van der Waals surface area (Å²) in [7, 11) is 0. The molecule has 0 spiro atoms. The van der Waals surface area contributed by atoms with Gasteiger partial charge in [0, 0.05) is 0 Å². The summed E-state index contributed by atoms with van der Waals surface area (Å²) >= 11 is 0. The van der Waals surface area contributed by atoms with Gasteiger partial charge >= 0.3 is 11.9 Å². The quantitative estimate of drug-likeness (QED) is 0.379. The maximum absolute atomic E-state index is 12.4. The third kappa shape index (κ3) is 5.48. The van der Waals surface area contributed by atoms with E-state index in [4.69, 9.17) is 9.47 Å². The molecule has 2 saturated carbocycles. The molecule has 2 rings (SSSR count). The highest BCUT2D eigenvalue weighted by Gasteiger charge is 2.42. The van der Waals surface area contributed by atoms with Gasteiger partial charge in [-0.1, -0.05) is 40.9 Å². The van der Waals surface area contributed by atoms with Crippen LogP contribution >= 0.6 is 0 Å². The fourth-order valence-corrected chi connectivity index (χ4v) is 4.69. The predicted octanol–water partition coefficient (Wildman–Crippen LogP) is 5.61. The second-order valence-corrected chi connectivity index (χ2v) is 9.48. The maximum Gasteiger partial charge on any atom is 0.307 e. The molecule has 28 heavy (non-hydrogen) atoms. The molecule has 0 heterocycles. The van der Waals surface area contributed by atoms with E-state index in [1.54, 1.807) is 12.2 Å². The van der Waals surface area contributed by atoms with Crippen LogP contribution in [0.2, 0.25) is 0 Å². The summed E-state index contributed by atoms with van der Waals surface area (Å²) in [5.74, 6) is 1.51. The van der Waals surface area contributed by atoms with Gasteiger partial charge in [0.2, 0.25) is 0 Å². The molecule has 4 heteroatoms. The van der Waals surface area contributed by atoms with Gasteiger partial charge in [0.15, 0.2) is 0 Å². The van der Waals surface area contributed by atoms with Gasteiger partial charge in [0.1, 0.15) is 11.2 Å². The van der Waals surface area contributed by atoms with E-state index >= 15 is 0 Å². The number of esters is 2. The van der Waals surface area contributed by atoms with Gasteiger partial charge in [0.25, 0.3) is 0 Å². The zero-order valence-electron chi connectivity index (χ0n) is 18.2. The molecule has 4 unspecified atom stereocenters. The van der Waals surface area contributed by atoms with Gasteiger partial charge < -0.3 is 9.47 Å². The lowest BCUT2D eigenvalue weighted by Crippen LogP contribution is -2.32. The summed E-state index contributed by atoms with van der Waals surface area (Å²) in [6.07, 6.45) is 8.96. The van der Waals surface area contributed by atoms with Crippen LogP contribution in [0.25, 0.3) is 0 Å². The standard InChI is InChI=1S/C24H38O4/c1-7-23(13-11-19(15-23)17(3)4)27-21(25)9-10-22(26)28-24(8-2)14-12-20(16-24)18(5)6/h7-8,17-20H,1-2,9-16H2,3-6H3. The van der Waals surface area contributed by atoms with Gasteiger partial charge in [-0.3, -0.25) is 9.59 Å². The lowest BCUT2D eigenvalue weighted by molar-refractivity contribution is -0.162. The van der Waals surface area contributed by atoms with Crippen molar-refractivity contribution in [3.05, 3.63) is 25.3 Å². The van der Waals surface area contributed by atoms with E-state index in [0.29, 0.717) is 23.7 Å². The summed E-state index contributed by atoms with van der Waals surface area (Å²) in [6, 6.07) is 0. The van der Waals surface area contributed by atoms with Crippen molar-refractivity contribution in [2.75, 3.05) is 0 Å². The first-order chi connectivity index (χ1) is 13.1. The Balaban J connectivity index is 1.83. The second kappa shape index (κ2) is 9.28. The highest BCUT2D eigenvalue weighted by atomic mass is 16.6. The summed E-state index contributed by atoms with van der Waals surface area (Å²) < 4.78 is 11.5. The third-order valence-electron chi connectivity index (χ3n) is 6.89. The molecule has 0 saturated heterocycles. The Bertz CT molecular complexity index is 541. The number of carbonyl (C=O) groups is 2. The van der Waals surface area contributed by atoms with Crippen LogP contribution in [0.3, 0.4) is 0 Å². The lowest BCUT2D eigenvalue weighted by atomic mass is 9.92. The molecule has 158 valence electrons. The highest BCUT2D eigenvalue weighted by molar-refractivity contribution is 5.78. The Hall–Kier alpha value is -1.58. The highest BCUT2D eigenvalue weighted by Crippen LogP contribution is 2.43. The van der Waals surface area contributed by atoms with Gasteiger partial charge in [-0.05, 0) is 74.3 Å². The number of rotatable bonds is 9. The summed E-state index contributed by atoms with van der Waals surface area (Å²) in [4.78, 5) is 24.7. The fourth-order valence-electron chi connectivity index (χ4n) is 4.69. The molecule has 2 aliphatic carbocycles. The fraction of sp³-hybridized carbons (Fsp3) is 0.750. The van der Waals surface area contributed by atoms with E-state index in [1.807, 2.05) is 0 Å². The van der Waals surface area contributed by atoms with Gasteiger partial charge in [-0.2, -0.15) is 0 Å². The second-order valence-electron chi connectivity index (χ2n) is 9.48. The molecule has 0 aliphatic heterocycles. The van der Waals surface area contributed by atoms with Crippen LogP contribution in [0.15, 0.2) is 25.3 Å². The topological polar surface area (TPSA) is 52.6 Å². The number of hydrogen-bond donors (Lipinski definition) is 0. The van der Waals surface area contributed by atoms with Crippen molar-refractivity contribution in [2.24, 2.45) is 23.7 Å². The number of carbonyl (C=O) groups excluding carboxylic acids is 2. The number of hydrogen-bond acceptors (Lipinski definition) is 4. The van der Waals surface area contributed by atoms with Crippen LogP contribution in [0.5, 0.6) is 0 Å². The van der Waals surface area contributed by atoms with Crippen LogP contribution in [0.4, 0.5) is 0 Å². The molecule has 4 atom stereocenters. The molecule has 0 aromatic heterocycles. The Labute approximate surface area is 170 Å². The van der Waals surface area contributed by atoms with E-state index in [9.17, 15) is 9.59 Å². The van der Waals surface area contributed by atoms with Crippen molar-refractivity contribution in [3.8, 4) is 0 Å². The van der Waals surface area contributed by atoms with Crippen molar-refractivity contribution in [2.45, 2.75) is 90.3 Å². The molecule has 2 aliphatic rings. The molecular weight excluding hydrogens is 352 g/mol. The predicted molar refractivity (Wildman–Crippen MR) is 112 cm³/mol.